The van der Waals surface area contributed by atoms with Crippen LogP contribution < -0.4 is 4.90 Å². The number of furan rings is 1. The predicted octanol–water partition coefficient (Wildman–Crippen LogP) is 4.00. The highest BCUT2D eigenvalue weighted by Crippen LogP contribution is 2.39. The van der Waals surface area contributed by atoms with Crippen LogP contribution in [0.2, 0.25) is 0 Å². The minimum Gasteiger partial charge on any atom is -0.459 e. The average molecular weight is 444 g/mol. The molecule has 31 heavy (non-hydrogen) atoms. The third kappa shape index (κ3) is 4.55. The molecule has 2 aromatic rings. The lowest BCUT2D eigenvalue weighted by Crippen LogP contribution is -2.55. The molecular weight excluding hydrogens is 414 g/mol. The molecule has 1 aromatic carbocycles. The second kappa shape index (κ2) is 8.89. The maximum atomic E-state index is 13.4. The first kappa shape index (κ1) is 23.1. The van der Waals surface area contributed by atoms with Crippen LogP contribution in [0.5, 0.6) is 0 Å². The largest absolute Gasteiger partial charge is 0.459 e. The number of anilines is 1. The Bertz CT molecular complexity index is 990. The molecule has 0 saturated carbocycles. The van der Waals surface area contributed by atoms with Gasteiger partial charge < -0.3 is 14.2 Å². The minimum atomic E-state index is -0.388. The molecule has 1 fully saturated rings. The van der Waals surface area contributed by atoms with Crippen molar-refractivity contribution in [1.29, 1.82) is 0 Å². The molecule has 0 unspecified atom stereocenters. The summed E-state index contributed by atoms with van der Waals surface area (Å²) in [4.78, 5) is 31.7. The maximum absolute atomic E-state index is 13.4. The van der Waals surface area contributed by atoms with Gasteiger partial charge in [0.1, 0.15) is 0 Å². The summed E-state index contributed by atoms with van der Waals surface area (Å²) >= 11 is 0. The van der Waals surface area contributed by atoms with Gasteiger partial charge in [-0.15, -0.1) is 12.4 Å². The Balaban J connectivity index is 0.00000272. The number of rotatable bonds is 3. The highest BCUT2D eigenvalue weighted by Gasteiger charge is 2.36. The van der Waals surface area contributed by atoms with E-state index in [0.717, 1.165) is 11.3 Å². The molecule has 4 rings (SSSR count). The van der Waals surface area contributed by atoms with E-state index in [2.05, 4.69) is 56.9 Å². The van der Waals surface area contributed by atoms with Gasteiger partial charge >= 0.3 is 0 Å². The molecule has 3 heterocycles. The van der Waals surface area contributed by atoms with E-state index in [4.69, 9.17) is 4.42 Å². The highest BCUT2D eigenvalue weighted by molar-refractivity contribution is 6.01. The zero-order valence-corrected chi connectivity index (χ0v) is 19.4. The van der Waals surface area contributed by atoms with E-state index in [-0.39, 0.29) is 29.8 Å². The van der Waals surface area contributed by atoms with E-state index < -0.39 is 0 Å². The van der Waals surface area contributed by atoms with Gasteiger partial charge in [-0.05, 0) is 57.5 Å². The summed E-state index contributed by atoms with van der Waals surface area (Å²) in [5, 5.41) is 0. The molecule has 0 aliphatic carbocycles. The lowest BCUT2D eigenvalue weighted by atomic mass is 9.88. The second-order valence-electron chi connectivity index (χ2n) is 8.78. The number of hydrogen-bond donors (Lipinski definition) is 0. The second-order valence-corrected chi connectivity index (χ2v) is 8.78. The molecule has 6 nitrogen and oxygen atoms in total. The van der Waals surface area contributed by atoms with Crippen LogP contribution in [-0.4, -0.2) is 59.9 Å². The smallest absolute Gasteiger partial charge is 0.289 e. The van der Waals surface area contributed by atoms with Crippen molar-refractivity contribution in [3.8, 4) is 0 Å². The quantitative estimate of drug-likeness (QED) is 0.719. The van der Waals surface area contributed by atoms with Crippen molar-refractivity contribution in [2.75, 3.05) is 37.6 Å². The van der Waals surface area contributed by atoms with Crippen molar-refractivity contribution >= 4 is 35.5 Å². The van der Waals surface area contributed by atoms with E-state index in [1.54, 1.807) is 17.0 Å². The number of aryl methyl sites for hydroxylation is 1. The SMILES string of the molecule is CC1=CC(C)(C)N(C(=O)CN2CCN(C(=O)c3ccco3)CC2)c2ccc(C)cc21.Cl. The average Bonchev–Trinajstić information content (AvgIpc) is 3.23. The molecule has 2 amide bonds. The highest BCUT2D eigenvalue weighted by atomic mass is 35.5. The van der Waals surface area contributed by atoms with Crippen molar-refractivity contribution in [1.82, 2.24) is 9.80 Å². The van der Waals surface area contributed by atoms with Gasteiger partial charge in [0, 0.05) is 31.7 Å². The van der Waals surface area contributed by atoms with Gasteiger partial charge in [0.05, 0.1) is 24.0 Å². The molecule has 0 bridgehead atoms. The van der Waals surface area contributed by atoms with Gasteiger partial charge in [-0.1, -0.05) is 17.7 Å². The molecule has 0 radical (unpaired) electrons. The number of piperazine rings is 1. The van der Waals surface area contributed by atoms with Crippen molar-refractivity contribution in [2.24, 2.45) is 0 Å². The van der Waals surface area contributed by atoms with E-state index >= 15 is 0 Å². The number of hydrogen-bond acceptors (Lipinski definition) is 4. The number of benzene rings is 1. The molecule has 0 spiro atoms. The number of halogens is 1. The normalized spacial score (nSPS) is 18.1. The van der Waals surface area contributed by atoms with E-state index in [0.29, 0.717) is 38.5 Å². The van der Waals surface area contributed by atoms with Crippen LogP contribution in [0.15, 0.2) is 47.1 Å². The minimum absolute atomic E-state index is 0. The summed E-state index contributed by atoms with van der Waals surface area (Å²) in [5.41, 5.74) is 4.10. The first-order valence-corrected chi connectivity index (χ1v) is 10.4. The molecule has 2 aliphatic heterocycles. The fraction of sp³-hybridized carbons (Fsp3) is 0.417. The van der Waals surface area contributed by atoms with Crippen LogP contribution in [0.1, 0.15) is 42.5 Å². The van der Waals surface area contributed by atoms with Gasteiger partial charge in [-0.3, -0.25) is 14.5 Å². The summed E-state index contributed by atoms with van der Waals surface area (Å²) in [6, 6.07) is 9.67. The lowest BCUT2D eigenvalue weighted by molar-refractivity contribution is -0.120. The Hall–Kier alpha value is -2.57. The third-order valence-electron chi connectivity index (χ3n) is 5.96. The van der Waals surface area contributed by atoms with Crippen LogP contribution in [0.4, 0.5) is 5.69 Å². The van der Waals surface area contributed by atoms with Crippen LogP contribution in [0.25, 0.3) is 5.57 Å². The molecule has 7 heteroatoms. The number of amides is 2. The van der Waals surface area contributed by atoms with E-state index in [9.17, 15) is 9.59 Å². The summed E-state index contributed by atoms with van der Waals surface area (Å²) in [5.74, 6) is 0.358. The van der Waals surface area contributed by atoms with Crippen LogP contribution in [-0.2, 0) is 4.79 Å². The molecular formula is C24H30ClN3O3. The number of carbonyl (C=O) groups is 2. The fourth-order valence-electron chi connectivity index (χ4n) is 4.53. The molecule has 0 atom stereocenters. The lowest BCUT2D eigenvalue weighted by Gasteiger charge is -2.43. The monoisotopic (exact) mass is 443 g/mol. The standard InChI is InChI=1S/C24H29N3O3.ClH/c1-17-7-8-20-19(14-17)18(2)15-24(3,4)27(20)22(28)16-25-9-11-26(12-10-25)23(29)21-6-5-13-30-21;/h5-8,13-15H,9-12,16H2,1-4H3;1H. The van der Waals surface area contributed by atoms with Gasteiger partial charge in [0.15, 0.2) is 5.76 Å². The maximum Gasteiger partial charge on any atom is 0.289 e. The fourth-order valence-corrected chi connectivity index (χ4v) is 4.53. The summed E-state index contributed by atoms with van der Waals surface area (Å²) in [7, 11) is 0. The molecule has 2 aliphatic rings. The Morgan fingerprint density at radius 1 is 1.06 bits per heavy atom. The van der Waals surface area contributed by atoms with Gasteiger partial charge in [-0.2, -0.15) is 0 Å². The van der Waals surface area contributed by atoms with Crippen molar-refractivity contribution in [3.63, 3.8) is 0 Å². The summed E-state index contributed by atoms with van der Waals surface area (Å²) in [6.45, 7) is 11.2. The van der Waals surface area contributed by atoms with Crippen molar-refractivity contribution in [3.05, 3.63) is 59.6 Å². The summed E-state index contributed by atoms with van der Waals surface area (Å²) in [6.07, 6.45) is 3.69. The van der Waals surface area contributed by atoms with Crippen LogP contribution >= 0.6 is 12.4 Å². The van der Waals surface area contributed by atoms with Crippen LogP contribution in [0.3, 0.4) is 0 Å². The van der Waals surface area contributed by atoms with Gasteiger partial charge in [-0.25, -0.2) is 0 Å². The van der Waals surface area contributed by atoms with Crippen LogP contribution in [0, 0.1) is 6.92 Å². The first-order valence-electron chi connectivity index (χ1n) is 10.4. The Kier molecular flexibility index (Phi) is 6.62. The van der Waals surface area contributed by atoms with Crippen molar-refractivity contribution < 1.29 is 14.0 Å². The number of allylic oxidation sites excluding steroid dienone is 1. The van der Waals surface area contributed by atoms with Gasteiger partial charge in [0.2, 0.25) is 5.91 Å². The molecule has 1 aromatic heterocycles. The predicted molar refractivity (Wildman–Crippen MR) is 125 cm³/mol. The van der Waals surface area contributed by atoms with Crippen molar-refractivity contribution in [2.45, 2.75) is 33.2 Å². The zero-order chi connectivity index (χ0) is 21.5. The molecule has 166 valence electrons. The number of nitrogens with zero attached hydrogens (tertiary/aromatic N) is 3. The van der Waals surface area contributed by atoms with Gasteiger partial charge in [0.25, 0.3) is 5.91 Å². The number of carbonyl (C=O) groups excluding carboxylic acids is 2. The zero-order valence-electron chi connectivity index (χ0n) is 18.6. The Morgan fingerprint density at radius 3 is 2.42 bits per heavy atom. The van der Waals surface area contributed by atoms with E-state index in [1.165, 1.54) is 17.4 Å². The Labute approximate surface area is 189 Å². The Morgan fingerprint density at radius 2 is 1.77 bits per heavy atom. The molecule has 1 saturated heterocycles. The molecule has 0 N–H and O–H groups in total. The summed E-state index contributed by atoms with van der Waals surface area (Å²) < 4.78 is 5.22. The third-order valence-corrected chi connectivity index (χ3v) is 5.96. The topological polar surface area (TPSA) is 57.0 Å². The first-order chi connectivity index (χ1) is 14.3. The number of fused-ring (bicyclic) bond motifs is 1. The van der Waals surface area contributed by atoms with E-state index in [1.807, 2.05) is 4.90 Å².